The number of anilines is 1. The molecule has 0 amide bonds. The van der Waals surface area contributed by atoms with Gasteiger partial charge in [-0.1, -0.05) is 6.42 Å². The van der Waals surface area contributed by atoms with E-state index in [-0.39, 0.29) is 16.8 Å². The van der Waals surface area contributed by atoms with Crippen molar-refractivity contribution in [2.24, 2.45) is 7.05 Å². The summed E-state index contributed by atoms with van der Waals surface area (Å²) < 4.78 is 29.7. The van der Waals surface area contributed by atoms with Crippen LogP contribution >= 0.6 is 0 Å². The number of aromatic nitrogens is 2. The highest BCUT2D eigenvalue weighted by atomic mass is 32.2. The number of hydrogen-bond donors (Lipinski definition) is 2. The zero-order valence-corrected chi connectivity index (χ0v) is 13.4. The van der Waals surface area contributed by atoms with Crippen LogP contribution < -0.4 is 10.5 Å². The van der Waals surface area contributed by atoms with Crippen LogP contribution in [0.1, 0.15) is 31.4 Å². The quantitative estimate of drug-likeness (QED) is 0.832. The van der Waals surface area contributed by atoms with Gasteiger partial charge in [0.15, 0.2) is 5.82 Å². The summed E-state index contributed by atoms with van der Waals surface area (Å²) in [7, 11) is -1.92. The summed E-state index contributed by atoms with van der Waals surface area (Å²) in [4.78, 5) is 2.52. The number of nitrogen functional groups attached to an aromatic ring is 1. The molecule has 2 unspecified atom stereocenters. The normalized spacial score (nSPS) is 27.0. The van der Waals surface area contributed by atoms with Crippen LogP contribution in [0.5, 0.6) is 0 Å². The van der Waals surface area contributed by atoms with Gasteiger partial charge in [0.05, 0.1) is 5.69 Å². The van der Waals surface area contributed by atoms with Gasteiger partial charge in [0.25, 0.3) is 0 Å². The van der Waals surface area contributed by atoms with Crippen LogP contribution in [0.15, 0.2) is 4.90 Å². The first-order valence-corrected chi connectivity index (χ1v) is 8.94. The minimum absolute atomic E-state index is 0.0192. The Balaban J connectivity index is 1.83. The number of fused-ring (bicyclic) bond motifs is 1. The van der Waals surface area contributed by atoms with Crippen LogP contribution in [0.25, 0.3) is 0 Å². The van der Waals surface area contributed by atoms with Crippen molar-refractivity contribution in [1.29, 1.82) is 0 Å². The highest BCUT2D eigenvalue weighted by Gasteiger charge is 2.38. The van der Waals surface area contributed by atoms with E-state index in [0.717, 1.165) is 25.9 Å². The Morgan fingerprint density at radius 2 is 2.05 bits per heavy atom. The van der Waals surface area contributed by atoms with Gasteiger partial charge in [-0.05, 0) is 32.7 Å². The second-order valence-corrected chi connectivity index (χ2v) is 7.69. The monoisotopic (exact) mass is 313 g/mol. The van der Waals surface area contributed by atoms with E-state index in [1.807, 2.05) is 0 Å². The maximum atomic E-state index is 12.7. The molecule has 3 heterocycles. The molecule has 2 aliphatic rings. The molecule has 118 valence electrons. The van der Waals surface area contributed by atoms with Crippen LogP contribution in [0.3, 0.4) is 0 Å². The Kier molecular flexibility index (Phi) is 3.71. The molecule has 0 radical (unpaired) electrons. The van der Waals surface area contributed by atoms with Gasteiger partial charge in [-0.25, -0.2) is 13.1 Å². The average Bonchev–Trinajstić information content (AvgIpc) is 2.92. The lowest BCUT2D eigenvalue weighted by atomic mass is 10.00. The molecule has 2 saturated heterocycles. The molecule has 0 spiro atoms. The second-order valence-electron chi connectivity index (χ2n) is 6.04. The Bertz CT molecular complexity index is 639. The van der Waals surface area contributed by atoms with E-state index < -0.39 is 10.0 Å². The smallest absolute Gasteiger partial charge is 0.246 e. The van der Waals surface area contributed by atoms with Crippen LogP contribution in [0.4, 0.5) is 5.82 Å². The topological polar surface area (TPSA) is 93.2 Å². The summed E-state index contributed by atoms with van der Waals surface area (Å²) in [5.41, 5.74) is 6.34. The fourth-order valence-electron chi connectivity index (χ4n) is 3.59. The molecule has 0 aromatic carbocycles. The molecule has 0 saturated carbocycles. The summed E-state index contributed by atoms with van der Waals surface area (Å²) >= 11 is 0. The lowest BCUT2D eigenvalue weighted by Gasteiger charge is -2.32. The molecule has 0 aliphatic carbocycles. The molecule has 7 nitrogen and oxygen atoms in total. The van der Waals surface area contributed by atoms with Crippen LogP contribution in [0, 0.1) is 6.92 Å². The summed E-state index contributed by atoms with van der Waals surface area (Å²) in [6, 6.07) is 0.307. The van der Waals surface area contributed by atoms with E-state index in [4.69, 9.17) is 5.73 Å². The van der Waals surface area contributed by atoms with Crippen molar-refractivity contribution in [1.82, 2.24) is 19.4 Å². The first kappa shape index (κ1) is 14.8. The van der Waals surface area contributed by atoms with Crippen LogP contribution in [-0.2, 0) is 17.1 Å². The standard InChI is InChI=1S/C13H23N5O2S/c1-9-12(13(14)15-17(9)2)21(19,20)16-10-6-8-18-7-4-3-5-11(10)18/h10-11,16H,3-8H2,1-2H3,(H2,14,15). The molecule has 21 heavy (non-hydrogen) atoms. The van der Waals surface area contributed by atoms with Crippen molar-refractivity contribution in [3.63, 3.8) is 0 Å². The fourth-order valence-corrected chi connectivity index (χ4v) is 5.22. The zero-order valence-electron chi connectivity index (χ0n) is 12.5. The Morgan fingerprint density at radius 1 is 1.29 bits per heavy atom. The molecular formula is C13H23N5O2S. The third-order valence-electron chi connectivity index (χ3n) is 4.74. The number of nitrogens with one attached hydrogen (secondary N) is 1. The fraction of sp³-hybridized carbons (Fsp3) is 0.769. The SMILES string of the molecule is Cc1c(S(=O)(=O)NC2CCN3CCCCC23)c(N)nn1C. The minimum atomic E-state index is -3.62. The van der Waals surface area contributed by atoms with Gasteiger partial charge in [-0.3, -0.25) is 9.58 Å². The van der Waals surface area contributed by atoms with Gasteiger partial charge in [0.2, 0.25) is 10.0 Å². The zero-order chi connectivity index (χ0) is 15.2. The van der Waals surface area contributed by atoms with Gasteiger partial charge >= 0.3 is 0 Å². The molecule has 1 aromatic heterocycles. The number of nitrogens with two attached hydrogens (primary N) is 1. The number of rotatable bonds is 3. The lowest BCUT2D eigenvalue weighted by molar-refractivity contribution is 0.186. The van der Waals surface area contributed by atoms with Gasteiger partial charge in [0, 0.05) is 25.7 Å². The third kappa shape index (κ3) is 2.56. The number of hydrogen-bond acceptors (Lipinski definition) is 5. The molecule has 8 heteroatoms. The summed E-state index contributed by atoms with van der Waals surface area (Å²) in [6.07, 6.45) is 4.32. The van der Waals surface area contributed by atoms with Gasteiger partial charge < -0.3 is 5.73 Å². The number of aryl methyl sites for hydroxylation is 1. The maximum Gasteiger partial charge on any atom is 0.246 e. The van der Waals surface area contributed by atoms with Gasteiger partial charge in [-0.15, -0.1) is 0 Å². The number of nitrogens with zero attached hydrogens (tertiary/aromatic N) is 3. The Hall–Kier alpha value is -1.12. The molecule has 1 aromatic rings. The first-order chi connectivity index (χ1) is 9.90. The minimum Gasteiger partial charge on any atom is -0.381 e. The Morgan fingerprint density at radius 3 is 2.71 bits per heavy atom. The van der Waals surface area contributed by atoms with Crippen molar-refractivity contribution in [3.8, 4) is 0 Å². The molecular weight excluding hydrogens is 290 g/mol. The number of piperidine rings is 1. The van der Waals surface area contributed by atoms with Crippen molar-refractivity contribution >= 4 is 15.8 Å². The number of sulfonamides is 1. The molecule has 2 fully saturated rings. The molecule has 3 N–H and O–H groups in total. The van der Waals surface area contributed by atoms with E-state index in [2.05, 4.69) is 14.7 Å². The highest BCUT2D eigenvalue weighted by molar-refractivity contribution is 7.89. The van der Waals surface area contributed by atoms with Gasteiger partial charge in [-0.2, -0.15) is 5.10 Å². The van der Waals surface area contributed by atoms with Crippen molar-refractivity contribution in [2.45, 2.75) is 49.6 Å². The molecule has 2 atom stereocenters. The van der Waals surface area contributed by atoms with Gasteiger partial charge in [0.1, 0.15) is 4.90 Å². The molecule has 2 aliphatic heterocycles. The Labute approximate surface area is 125 Å². The van der Waals surface area contributed by atoms with Crippen LogP contribution in [0.2, 0.25) is 0 Å². The third-order valence-corrected chi connectivity index (χ3v) is 6.39. The molecule has 0 bridgehead atoms. The van der Waals surface area contributed by atoms with E-state index in [9.17, 15) is 8.42 Å². The summed E-state index contributed by atoms with van der Waals surface area (Å²) in [5.74, 6) is 0.0704. The lowest BCUT2D eigenvalue weighted by Crippen LogP contribution is -2.46. The maximum absolute atomic E-state index is 12.7. The summed E-state index contributed by atoms with van der Waals surface area (Å²) in [6.45, 7) is 3.77. The van der Waals surface area contributed by atoms with Crippen molar-refractivity contribution in [2.75, 3.05) is 18.8 Å². The van der Waals surface area contributed by atoms with E-state index in [1.54, 1.807) is 14.0 Å². The highest BCUT2D eigenvalue weighted by Crippen LogP contribution is 2.29. The summed E-state index contributed by atoms with van der Waals surface area (Å²) in [5, 5.41) is 4.00. The predicted octanol–water partition coefficient (Wildman–Crippen LogP) is 0.216. The second kappa shape index (κ2) is 5.26. The van der Waals surface area contributed by atoms with E-state index >= 15 is 0 Å². The largest absolute Gasteiger partial charge is 0.381 e. The van der Waals surface area contributed by atoms with Crippen molar-refractivity contribution < 1.29 is 8.42 Å². The van der Waals surface area contributed by atoms with E-state index in [0.29, 0.717) is 11.7 Å². The predicted molar refractivity (Wildman–Crippen MR) is 80.3 cm³/mol. The van der Waals surface area contributed by atoms with E-state index in [1.165, 1.54) is 17.5 Å². The first-order valence-electron chi connectivity index (χ1n) is 7.45. The molecule has 3 rings (SSSR count). The van der Waals surface area contributed by atoms with Crippen molar-refractivity contribution in [3.05, 3.63) is 5.69 Å². The average molecular weight is 313 g/mol. The van der Waals surface area contributed by atoms with Crippen LogP contribution in [-0.4, -0.2) is 48.3 Å².